The molecule has 2 aromatic rings. The van der Waals surface area contributed by atoms with Crippen LogP contribution in [0.25, 0.3) is 0 Å². The van der Waals surface area contributed by atoms with Crippen LogP contribution >= 0.6 is 23.2 Å². The Morgan fingerprint density at radius 3 is 2.42 bits per heavy atom. The minimum absolute atomic E-state index is 0.225. The van der Waals surface area contributed by atoms with Crippen LogP contribution in [0.3, 0.4) is 0 Å². The molecule has 0 aliphatic rings. The summed E-state index contributed by atoms with van der Waals surface area (Å²) in [5.41, 5.74) is 2.70. The molecular formula is C19H22Cl2N2O. The molecule has 0 spiro atoms. The van der Waals surface area contributed by atoms with E-state index in [1.165, 1.54) is 5.56 Å². The summed E-state index contributed by atoms with van der Waals surface area (Å²) in [6.45, 7) is 7.71. The summed E-state index contributed by atoms with van der Waals surface area (Å²) in [5, 5.41) is 3.56. The quantitative estimate of drug-likeness (QED) is 0.767. The third-order valence-corrected chi connectivity index (χ3v) is 4.76. The smallest absolute Gasteiger partial charge is 0.253 e. The van der Waals surface area contributed by atoms with Crippen molar-refractivity contribution < 1.29 is 4.79 Å². The minimum Gasteiger partial charge on any atom is -0.348 e. The molecule has 0 fully saturated rings. The molecule has 0 heterocycles. The van der Waals surface area contributed by atoms with Crippen molar-refractivity contribution in [2.24, 2.45) is 0 Å². The number of nitrogens with one attached hydrogen (secondary N) is 1. The van der Waals surface area contributed by atoms with Gasteiger partial charge in [0.25, 0.3) is 5.91 Å². The van der Waals surface area contributed by atoms with Gasteiger partial charge in [0, 0.05) is 13.1 Å². The second-order valence-electron chi connectivity index (χ2n) is 5.57. The molecule has 0 saturated carbocycles. The summed E-state index contributed by atoms with van der Waals surface area (Å²) in [6.07, 6.45) is 0. The fourth-order valence-electron chi connectivity index (χ4n) is 2.50. The number of benzene rings is 2. The number of hydrogen-bond acceptors (Lipinski definition) is 2. The van der Waals surface area contributed by atoms with Gasteiger partial charge in [0.2, 0.25) is 0 Å². The molecule has 0 saturated heterocycles. The molecule has 2 aromatic carbocycles. The van der Waals surface area contributed by atoms with Gasteiger partial charge in [-0.1, -0.05) is 67.4 Å². The van der Waals surface area contributed by atoms with Gasteiger partial charge in [0.05, 0.1) is 15.6 Å². The molecule has 24 heavy (non-hydrogen) atoms. The van der Waals surface area contributed by atoms with Crippen molar-refractivity contribution in [2.45, 2.75) is 26.9 Å². The Morgan fingerprint density at radius 1 is 1.04 bits per heavy atom. The lowest BCUT2D eigenvalue weighted by Crippen LogP contribution is -2.24. The molecular weight excluding hydrogens is 343 g/mol. The molecule has 3 nitrogen and oxygen atoms in total. The highest BCUT2D eigenvalue weighted by molar-refractivity contribution is 6.43. The molecule has 0 aliphatic heterocycles. The molecule has 0 unspecified atom stereocenters. The summed E-state index contributed by atoms with van der Waals surface area (Å²) in [4.78, 5) is 14.6. The van der Waals surface area contributed by atoms with Crippen LogP contribution in [0.4, 0.5) is 0 Å². The molecule has 0 aromatic heterocycles. The summed E-state index contributed by atoms with van der Waals surface area (Å²) < 4.78 is 0. The number of halogens is 2. The molecule has 0 radical (unpaired) electrons. The number of carbonyl (C=O) groups excluding carboxylic acids is 1. The summed E-state index contributed by atoms with van der Waals surface area (Å²) in [7, 11) is 0. The van der Waals surface area contributed by atoms with Gasteiger partial charge in [-0.25, -0.2) is 0 Å². The molecule has 0 aliphatic carbocycles. The summed E-state index contributed by atoms with van der Waals surface area (Å²) in [5.74, 6) is -0.225. The average Bonchev–Trinajstić information content (AvgIpc) is 2.60. The first-order chi connectivity index (χ1) is 11.5. The van der Waals surface area contributed by atoms with Gasteiger partial charge in [-0.15, -0.1) is 0 Å². The lowest BCUT2D eigenvalue weighted by molar-refractivity contribution is 0.0951. The second kappa shape index (κ2) is 9.07. The Kier molecular flexibility index (Phi) is 7.10. The van der Waals surface area contributed by atoms with Crippen LogP contribution in [0.1, 0.15) is 35.3 Å². The van der Waals surface area contributed by atoms with Crippen molar-refractivity contribution in [3.63, 3.8) is 0 Å². The van der Waals surface area contributed by atoms with E-state index in [4.69, 9.17) is 23.2 Å². The van der Waals surface area contributed by atoms with Gasteiger partial charge >= 0.3 is 0 Å². The highest BCUT2D eigenvalue weighted by Crippen LogP contribution is 2.25. The second-order valence-corrected chi connectivity index (χ2v) is 6.35. The fourth-order valence-corrected chi connectivity index (χ4v) is 2.89. The first kappa shape index (κ1) is 18.8. The molecule has 128 valence electrons. The predicted molar refractivity (Wildman–Crippen MR) is 101 cm³/mol. The van der Waals surface area contributed by atoms with Crippen LogP contribution < -0.4 is 5.32 Å². The monoisotopic (exact) mass is 364 g/mol. The third kappa shape index (κ3) is 4.97. The average molecular weight is 365 g/mol. The molecule has 5 heteroatoms. The van der Waals surface area contributed by atoms with Gasteiger partial charge in [0.15, 0.2) is 0 Å². The zero-order valence-electron chi connectivity index (χ0n) is 14.0. The van der Waals surface area contributed by atoms with Crippen LogP contribution in [0.2, 0.25) is 10.0 Å². The van der Waals surface area contributed by atoms with Crippen LogP contribution in [0, 0.1) is 0 Å². The topological polar surface area (TPSA) is 32.3 Å². The van der Waals surface area contributed by atoms with E-state index in [2.05, 4.69) is 36.2 Å². The van der Waals surface area contributed by atoms with E-state index in [1.54, 1.807) is 18.2 Å². The van der Waals surface area contributed by atoms with Crippen LogP contribution in [-0.4, -0.2) is 23.9 Å². The van der Waals surface area contributed by atoms with Gasteiger partial charge in [-0.3, -0.25) is 9.69 Å². The van der Waals surface area contributed by atoms with Crippen LogP contribution in [0.15, 0.2) is 42.5 Å². The lowest BCUT2D eigenvalue weighted by atomic mass is 10.1. The number of nitrogens with zero attached hydrogens (tertiary/aromatic N) is 1. The fraction of sp³-hybridized carbons (Fsp3) is 0.316. The highest BCUT2D eigenvalue weighted by Gasteiger charge is 2.12. The normalized spacial score (nSPS) is 10.9. The first-order valence-corrected chi connectivity index (χ1v) is 8.83. The largest absolute Gasteiger partial charge is 0.348 e. The van der Waals surface area contributed by atoms with Gasteiger partial charge in [0.1, 0.15) is 0 Å². The van der Waals surface area contributed by atoms with Crippen LogP contribution in [-0.2, 0) is 13.1 Å². The first-order valence-electron chi connectivity index (χ1n) is 8.07. The van der Waals surface area contributed by atoms with E-state index in [0.29, 0.717) is 17.1 Å². The Bertz CT molecular complexity index is 700. The van der Waals surface area contributed by atoms with Crippen LogP contribution in [0.5, 0.6) is 0 Å². The number of carbonyl (C=O) groups is 1. The van der Waals surface area contributed by atoms with Gasteiger partial charge in [-0.05, 0) is 36.3 Å². The molecule has 1 N–H and O–H groups in total. The zero-order chi connectivity index (χ0) is 17.5. The van der Waals surface area contributed by atoms with Gasteiger partial charge in [-0.2, -0.15) is 0 Å². The predicted octanol–water partition coefficient (Wildman–Crippen LogP) is 4.77. The minimum atomic E-state index is -0.225. The standard InChI is InChI=1S/C19H22Cl2N2O/c1-3-23(4-2)13-15-8-5-7-14(11-15)12-22-19(24)16-9-6-10-17(20)18(16)21/h5-11H,3-4,12-13H2,1-2H3,(H,22,24). The Hall–Kier alpha value is -1.55. The van der Waals surface area contributed by atoms with E-state index in [-0.39, 0.29) is 10.9 Å². The Balaban J connectivity index is 2.01. The Morgan fingerprint density at radius 2 is 1.71 bits per heavy atom. The van der Waals surface area contributed by atoms with Crippen molar-refractivity contribution in [3.05, 3.63) is 69.2 Å². The van der Waals surface area contributed by atoms with Crippen molar-refractivity contribution in [1.82, 2.24) is 10.2 Å². The van der Waals surface area contributed by atoms with Crippen molar-refractivity contribution in [2.75, 3.05) is 13.1 Å². The SMILES string of the molecule is CCN(CC)Cc1cccc(CNC(=O)c2cccc(Cl)c2Cl)c1. The third-order valence-electron chi connectivity index (χ3n) is 3.94. The van der Waals surface area contributed by atoms with E-state index >= 15 is 0 Å². The summed E-state index contributed by atoms with van der Waals surface area (Å²) >= 11 is 12.0. The van der Waals surface area contributed by atoms with Crippen molar-refractivity contribution in [3.8, 4) is 0 Å². The van der Waals surface area contributed by atoms with E-state index < -0.39 is 0 Å². The molecule has 0 atom stereocenters. The maximum atomic E-state index is 12.3. The highest BCUT2D eigenvalue weighted by atomic mass is 35.5. The van der Waals surface area contributed by atoms with Crippen molar-refractivity contribution in [1.29, 1.82) is 0 Å². The maximum Gasteiger partial charge on any atom is 0.253 e. The molecule has 2 rings (SSSR count). The zero-order valence-corrected chi connectivity index (χ0v) is 15.5. The van der Waals surface area contributed by atoms with E-state index in [0.717, 1.165) is 25.2 Å². The molecule has 1 amide bonds. The van der Waals surface area contributed by atoms with Gasteiger partial charge < -0.3 is 5.32 Å². The lowest BCUT2D eigenvalue weighted by Gasteiger charge is -2.18. The number of hydrogen-bond donors (Lipinski definition) is 1. The van der Waals surface area contributed by atoms with E-state index in [1.807, 2.05) is 12.1 Å². The van der Waals surface area contributed by atoms with E-state index in [9.17, 15) is 4.79 Å². The number of amides is 1. The summed E-state index contributed by atoms with van der Waals surface area (Å²) in [6, 6.07) is 13.3. The van der Waals surface area contributed by atoms with Crippen molar-refractivity contribution >= 4 is 29.1 Å². The molecule has 0 bridgehead atoms. The number of rotatable bonds is 7. The Labute approximate surface area is 153 Å². The maximum absolute atomic E-state index is 12.3.